The maximum atomic E-state index is 12.1. The lowest BCUT2D eigenvalue weighted by Crippen LogP contribution is -2.48. The predicted octanol–water partition coefficient (Wildman–Crippen LogP) is 1.20. The van der Waals surface area contributed by atoms with E-state index in [0.717, 1.165) is 6.54 Å². The van der Waals surface area contributed by atoms with Crippen molar-refractivity contribution in [3.8, 4) is 0 Å². The second-order valence-electron chi connectivity index (χ2n) is 4.02. The third kappa shape index (κ3) is 4.16. The van der Waals surface area contributed by atoms with Crippen LogP contribution >= 0.6 is 0 Å². The van der Waals surface area contributed by atoms with Crippen LogP contribution in [0.15, 0.2) is 0 Å². The Balaban J connectivity index is 2.56. The second-order valence-corrected chi connectivity index (χ2v) is 4.02. The summed E-state index contributed by atoms with van der Waals surface area (Å²) in [6, 6.07) is 0. The molecule has 1 heterocycles. The summed E-state index contributed by atoms with van der Waals surface area (Å²) in [5, 5.41) is 0. The zero-order valence-electron chi connectivity index (χ0n) is 9.79. The van der Waals surface area contributed by atoms with Gasteiger partial charge in [-0.25, -0.2) is 4.79 Å². The number of likely N-dealkylation sites (N-methyl/N-ethyl adjacent to an activating group) is 1. The van der Waals surface area contributed by atoms with Gasteiger partial charge in [-0.1, -0.05) is 6.92 Å². The number of ether oxygens (including phenoxy) is 2. The summed E-state index contributed by atoms with van der Waals surface area (Å²) in [6.45, 7) is 3.28. The topological polar surface area (TPSA) is 38.8 Å². The number of morpholine rings is 1. The van der Waals surface area contributed by atoms with Gasteiger partial charge in [-0.3, -0.25) is 0 Å². The highest BCUT2D eigenvalue weighted by Gasteiger charge is 2.43. The average molecular weight is 255 g/mol. The maximum Gasteiger partial charge on any atom is 0.490 e. The van der Waals surface area contributed by atoms with E-state index < -0.39 is 24.4 Å². The molecule has 0 N–H and O–H groups in total. The van der Waals surface area contributed by atoms with Crippen molar-refractivity contribution in [2.24, 2.45) is 0 Å². The van der Waals surface area contributed by atoms with E-state index in [9.17, 15) is 18.0 Å². The molecule has 100 valence electrons. The first-order valence-corrected chi connectivity index (χ1v) is 5.42. The van der Waals surface area contributed by atoms with Crippen molar-refractivity contribution in [2.75, 3.05) is 26.7 Å². The van der Waals surface area contributed by atoms with Gasteiger partial charge < -0.3 is 14.4 Å². The van der Waals surface area contributed by atoms with Crippen LogP contribution in [0, 0.1) is 0 Å². The minimum atomic E-state index is -4.95. The van der Waals surface area contributed by atoms with Crippen LogP contribution < -0.4 is 0 Å². The molecule has 0 radical (unpaired) electrons. The SMILES string of the molecule is CCC(OC(=O)C(F)(F)F)C1CN(C)CCO1. The van der Waals surface area contributed by atoms with Crippen LogP contribution in [0.1, 0.15) is 13.3 Å². The first kappa shape index (κ1) is 14.2. The van der Waals surface area contributed by atoms with Crippen molar-refractivity contribution in [3.05, 3.63) is 0 Å². The summed E-state index contributed by atoms with van der Waals surface area (Å²) in [6.07, 6.45) is -6.01. The van der Waals surface area contributed by atoms with E-state index >= 15 is 0 Å². The lowest BCUT2D eigenvalue weighted by atomic mass is 10.1. The van der Waals surface area contributed by atoms with Gasteiger partial charge in [-0.15, -0.1) is 0 Å². The number of carbonyl (C=O) groups is 1. The van der Waals surface area contributed by atoms with Gasteiger partial charge in [0.1, 0.15) is 12.2 Å². The zero-order valence-corrected chi connectivity index (χ0v) is 9.79. The van der Waals surface area contributed by atoms with Crippen molar-refractivity contribution in [3.63, 3.8) is 0 Å². The number of hydrogen-bond donors (Lipinski definition) is 0. The molecule has 0 aromatic heterocycles. The summed E-state index contributed by atoms with van der Waals surface area (Å²) in [4.78, 5) is 12.7. The van der Waals surface area contributed by atoms with Gasteiger partial charge in [0.15, 0.2) is 0 Å². The van der Waals surface area contributed by atoms with Gasteiger partial charge in [-0.05, 0) is 13.5 Å². The number of carbonyl (C=O) groups excluding carboxylic acids is 1. The standard InChI is InChI=1S/C10H16F3NO3/c1-3-7(17-9(15)10(11,12)13)8-6-14(2)4-5-16-8/h7-8H,3-6H2,1-2H3. The summed E-state index contributed by atoms with van der Waals surface area (Å²) in [7, 11) is 1.84. The lowest BCUT2D eigenvalue weighted by Gasteiger charge is -2.34. The predicted molar refractivity (Wildman–Crippen MR) is 53.5 cm³/mol. The van der Waals surface area contributed by atoms with Gasteiger partial charge in [0.05, 0.1) is 6.61 Å². The summed E-state index contributed by atoms with van der Waals surface area (Å²) in [5.41, 5.74) is 0. The molecule has 0 aromatic rings. The minimum absolute atomic E-state index is 0.292. The van der Waals surface area contributed by atoms with Crippen LogP contribution in [0.3, 0.4) is 0 Å². The van der Waals surface area contributed by atoms with Crippen LogP contribution in [0.5, 0.6) is 0 Å². The molecule has 0 aromatic carbocycles. The second kappa shape index (κ2) is 5.68. The molecule has 0 saturated carbocycles. The number of esters is 1. The molecule has 7 heteroatoms. The maximum absolute atomic E-state index is 12.1. The molecule has 2 unspecified atom stereocenters. The van der Waals surface area contributed by atoms with Crippen molar-refractivity contribution in [1.29, 1.82) is 0 Å². The Morgan fingerprint density at radius 1 is 1.59 bits per heavy atom. The van der Waals surface area contributed by atoms with Gasteiger partial charge in [0, 0.05) is 13.1 Å². The highest BCUT2D eigenvalue weighted by atomic mass is 19.4. The molecule has 1 saturated heterocycles. The number of hydrogen-bond acceptors (Lipinski definition) is 4. The third-order valence-electron chi connectivity index (χ3n) is 2.60. The van der Waals surface area contributed by atoms with E-state index in [2.05, 4.69) is 4.74 Å². The molecule has 1 aliphatic rings. The molecule has 0 aliphatic carbocycles. The van der Waals surface area contributed by atoms with E-state index in [1.807, 2.05) is 11.9 Å². The molecule has 1 rings (SSSR count). The van der Waals surface area contributed by atoms with E-state index in [-0.39, 0.29) is 0 Å². The van der Waals surface area contributed by atoms with Crippen LogP contribution in [-0.2, 0) is 14.3 Å². The van der Waals surface area contributed by atoms with E-state index in [1.54, 1.807) is 6.92 Å². The summed E-state index contributed by atoms with van der Waals surface area (Å²) in [5.74, 6) is -2.15. The largest absolute Gasteiger partial charge is 0.490 e. The lowest BCUT2D eigenvalue weighted by molar-refractivity contribution is -0.212. The Morgan fingerprint density at radius 2 is 2.24 bits per heavy atom. The molecule has 2 atom stereocenters. The molecule has 1 aliphatic heterocycles. The Bertz CT molecular complexity index is 270. The Kier molecular flexibility index (Phi) is 4.76. The fourth-order valence-corrected chi connectivity index (χ4v) is 1.66. The monoisotopic (exact) mass is 255 g/mol. The van der Waals surface area contributed by atoms with Crippen molar-refractivity contribution in [2.45, 2.75) is 31.7 Å². The smallest absolute Gasteiger partial charge is 0.453 e. The average Bonchev–Trinajstić information content (AvgIpc) is 2.24. The van der Waals surface area contributed by atoms with Gasteiger partial charge >= 0.3 is 12.1 Å². The zero-order chi connectivity index (χ0) is 13.1. The number of rotatable bonds is 3. The fraction of sp³-hybridized carbons (Fsp3) is 0.900. The molecule has 17 heavy (non-hydrogen) atoms. The minimum Gasteiger partial charge on any atom is -0.453 e. The van der Waals surface area contributed by atoms with Gasteiger partial charge in [-0.2, -0.15) is 13.2 Å². The van der Waals surface area contributed by atoms with Crippen LogP contribution in [-0.4, -0.2) is 56.0 Å². The molecular weight excluding hydrogens is 239 g/mol. The fourth-order valence-electron chi connectivity index (χ4n) is 1.66. The first-order chi connectivity index (χ1) is 7.84. The van der Waals surface area contributed by atoms with Crippen molar-refractivity contribution < 1.29 is 27.4 Å². The van der Waals surface area contributed by atoms with E-state index in [1.165, 1.54) is 0 Å². The van der Waals surface area contributed by atoms with Crippen LogP contribution in [0.2, 0.25) is 0 Å². The van der Waals surface area contributed by atoms with Gasteiger partial charge in [0.25, 0.3) is 0 Å². The molecule has 0 spiro atoms. The van der Waals surface area contributed by atoms with Crippen LogP contribution in [0.4, 0.5) is 13.2 Å². The highest BCUT2D eigenvalue weighted by molar-refractivity contribution is 5.75. The molecule has 0 bridgehead atoms. The normalized spacial score (nSPS) is 24.4. The molecule has 1 fully saturated rings. The summed E-state index contributed by atoms with van der Waals surface area (Å²) >= 11 is 0. The molecular formula is C10H16F3NO3. The summed E-state index contributed by atoms with van der Waals surface area (Å²) < 4.78 is 46.0. The van der Waals surface area contributed by atoms with Gasteiger partial charge in [0.2, 0.25) is 0 Å². The quantitative estimate of drug-likeness (QED) is 0.710. The van der Waals surface area contributed by atoms with E-state index in [4.69, 9.17) is 4.74 Å². The highest BCUT2D eigenvalue weighted by Crippen LogP contribution is 2.21. The Labute approximate surface area is 97.7 Å². The molecule has 4 nitrogen and oxygen atoms in total. The van der Waals surface area contributed by atoms with Crippen molar-refractivity contribution >= 4 is 5.97 Å². The van der Waals surface area contributed by atoms with E-state index in [0.29, 0.717) is 19.6 Å². The number of nitrogens with zero attached hydrogens (tertiary/aromatic N) is 1. The first-order valence-electron chi connectivity index (χ1n) is 5.42. The van der Waals surface area contributed by atoms with Crippen LogP contribution in [0.25, 0.3) is 0 Å². The number of halogens is 3. The number of alkyl halides is 3. The third-order valence-corrected chi connectivity index (χ3v) is 2.60. The molecule has 0 amide bonds. The van der Waals surface area contributed by atoms with Crippen molar-refractivity contribution in [1.82, 2.24) is 4.90 Å². The Morgan fingerprint density at radius 3 is 2.71 bits per heavy atom. The Hall–Kier alpha value is -0.820.